The molecule has 0 saturated carbocycles. The van der Waals surface area contributed by atoms with Gasteiger partial charge >= 0.3 is 0 Å². The van der Waals surface area contributed by atoms with Gasteiger partial charge in [0, 0.05) is 25.4 Å². The molecule has 0 unspecified atom stereocenters. The van der Waals surface area contributed by atoms with Gasteiger partial charge in [0.15, 0.2) is 5.82 Å². The van der Waals surface area contributed by atoms with Gasteiger partial charge in [-0.2, -0.15) is 5.10 Å². The van der Waals surface area contributed by atoms with Crippen molar-refractivity contribution in [3.63, 3.8) is 0 Å². The van der Waals surface area contributed by atoms with Crippen molar-refractivity contribution in [1.82, 2.24) is 9.78 Å². The van der Waals surface area contributed by atoms with E-state index in [1.54, 1.807) is 0 Å². The summed E-state index contributed by atoms with van der Waals surface area (Å²) in [5.41, 5.74) is 1.21. The first-order chi connectivity index (χ1) is 5.24. The van der Waals surface area contributed by atoms with Gasteiger partial charge in [-0.25, -0.2) is 0 Å². The molecule has 1 heterocycles. The van der Waals surface area contributed by atoms with Crippen molar-refractivity contribution in [2.45, 2.75) is 20.3 Å². The van der Waals surface area contributed by atoms with Crippen LogP contribution in [0.1, 0.15) is 18.9 Å². The number of nitrogens with zero attached hydrogens (tertiary/aromatic N) is 2. The molecule has 1 aromatic heterocycles. The molecule has 0 aliphatic carbocycles. The van der Waals surface area contributed by atoms with Crippen LogP contribution in [-0.2, 0) is 7.05 Å². The second kappa shape index (κ2) is 5.04. The molecule has 70 valence electrons. The SMILES string of the molecule is CCCNc1nn(C)cc1C.Cl. The molecule has 4 heteroatoms. The maximum atomic E-state index is 4.25. The Morgan fingerprint density at radius 3 is 2.67 bits per heavy atom. The number of aromatic nitrogens is 2. The van der Waals surface area contributed by atoms with Crippen molar-refractivity contribution in [3.8, 4) is 0 Å². The van der Waals surface area contributed by atoms with Gasteiger partial charge in [-0.15, -0.1) is 12.4 Å². The minimum Gasteiger partial charge on any atom is -0.368 e. The van der Waals surface area contributed by atoms with Crippen molar-refractivity contribution in [2.24, 2.45) is 7.05 Å². The van der Waals surface area contributed by atoms with E-state index in [0.717, 1.165) is 18.8 Å². The predicted molar refractivity (Wildman–Crippen MR) is 54.0 cm³/mol. The van der Waals surface area contributed by atoms with Gasteiger partial charge in [0.05, 0.1) is 0 Å². The Balaban J connectivity index is 0.00000121. The Kier molecular flexibility index (Phi) is 4.74. The van der Waals surface area contributed by atoms with E-state index in [1.807, 2.05) is 17.9 Å². The van der Waals surface area contributed by atoms with Crippen molar-refractivity contribution < 1.29 is 0 Å². The molecular formula is C8H16ClN3. The lowest BCUT2D eigenvalue weighted by atomic mass is 10.3. The van der Waals surface area contributed by atoms with Crippen LogP contribution in [0.25, 0.3) is 0 Å². The van der Waals surface area contributed by atoms with Crippen LogP contribution in [0.5, 0.6) is 0 Å². The third-order valence-corrected chi connectivity index (χ3v) is 1.55. The zero-order valence-electron chi connectivity index (χ0n) is 7.79. The van der Waals surface area contributed by atoms with E-state index in [2.05, 4.69) is 24.3 Å². The number of anilines is 1. The smallest absolute Gasteiger partial charge is 0.150 e. The van der Waals surface area contributed by atoms with Gasteiger partial charge in [0.25, 0.3) is 0 Å². The molecule has 0 atom stereocenters. The van der Waals surface area contributed by atoms with Crippen LogP contribution in [0.4, 0.5) is 5.82 Å². The average Bonchev–Trinajstić information content (AvgIpc) is 2.26. The molecule has 0 saturated heterocycles. The summed E-state index contributed by atoms with van der Waals surface area (Å²) in [6, 6.07) is 0. The highest BCUT2D eigenvalue weighted by atomic mass is 35.5. The Hall–Kier alpha value is -0.700. The molecule has 0 amide bonds. The molecule has 0 radical (unpaired) electrons. The molecule has 1 aromatic rings. The second-order valence-corrected chi connectivity index (χ2v) is 2.76. The van der Waals surface area contributed by atoms with Crippen LogP contribution in [0.3, 0.4) is 0 Å². The Bertz CT molecular complexity index is 232. The lowest BCUT2D eigenvalue weighted by molar-refractivity contribution is 0.767. The van der Waals surface area contributed by atoms with Crippen molar-refractivity contribution in [2.75, 3.05) is 11.9 Å². The maximum Gasteiger partial charge on any atom is 0.150 e. The van der Waals surface area contributed by atoms with Crippen molar-refractivity contribution in [1.29, 1.82) is 0 Å². The molecule has 0 bridgehead atoms. The minimum atomic E-state index is 0. The largest absolute Gasteiger partial charge is 0.368 e. The van der Waals surface area contributed by atoms with Crippen LogP contribution in [0.2, 0.25) is 0 Å². The average molecular weight is 190 g/mol. The minimum absolute atomic E-state index is 0. The number of hydrogen-bond acceptors (Lipinski definition) is 2. The van der Waals surface area contributed by atoms with Crippen LogP contribution in [-0.4, -0.2) is 16.3 Å². The summed E-state index contributed by atoms with van der Waals surface area (Å²) in [7, 11) is 1.93. The fraction of sp³-hybridized carbons (Fsp3) is 0.625. The molecular weight excluding hydrogens is 174 g/mol. The van der Waals surface area contributed by atoms with Gasteiger partial charge in [-0.3, -0.25) is 4.68 Å². The first-order valence-electron chi connectivity index (χ1n) is 3.98. The summed E-state index contributed by atoms with van der Waals surface area (Å²) in [5, 5.41) is 7.50. The van der Waals surface area contributed by atoms with Crippen LogP contribution in [0.15, 0.2) is 6.20 Å². The molecule has 1 rings (SSSR count). The standard InChI is InChI=1S/C8H15N3.ClH/c1-4-5-9-8-7(2)6-11(3)10-8;/h6H,4-5H2,1-3H3,(H,9,10);1H. The van der Waals surface area contributed by atoms with Crippen LogP contribution >= 0.6 is 12.4 Å². The van der Waals surface area contributed by atoms with E-state index >= 15 is 0 Å². The number of hydrogen-bond donors (Lipinski definition) is 1. The molecule has 0 spiro atoms. The molecule has 3 nitrogen and oxygen atoms in total. The Morgan fingerprint density at radius 2 is 2.25 bits per heavy atom. The molecule has 0 aromatic carbocycles. The highest BCUT2D eigenvalue weighted by molar-refractivity contribution is 5.85. The third-order valence-electron chi connectivity index (χ3n) is 1.55. The van der Waals surface area contributed by atoms with Gasteiger partial charge in [0.2, 0.25) is 0 Å². The van der Waals surface area contributed by atoms with E-state index in [4.69, 9.17) is 0 Å². The topological polar surface area (TPSA) is 29.9 Å². The monoisotopic (exact) mass is 189 g/mol. The highest BCUT2D eigenvalue weighted by Gasteiger charge is 1.99. The summed E-state index contributed by atoms with van der Waals surface area (Å²) in [6.45, 7) is 5.20. The Labute approximate surface area is 79.6 Å². The fourth-order valence-corrected chi connectivity index (χ4v) is 1.03. The molecule has 0 fully saturated rings. The zero-order valence-corrected chi connectivity index (χ0v) is 8.61. The van der Waals surface area contributed by atoms with E-state index in [1.165, 1.54) is 5.56 Å². The van der Waals surface area contributed by atoms with Gasteiger partial charge < -0.3 is 5.32 Å². The molecule has 12 heavy (non-hydrogen) atoms. The van der Waals surface area contributed by atoms with Gasteiger partial charge in [-0.1, -0.05) is 6.92 Å². The van der Waals surface area contributed by atoms with Gasteiger partial charge in [-0.05, 0) is 13.3 Å². The number of rotatable bonds is 3. The quantitative estimate of drug-likeness (QED) is 0.788. The first-order valence-corrected chi connectivity index (χ1v) is 3.98. The van der Waals surface area contributed by atoms with E-state index in [0.29, 0.717) is 0 Å². The van der Waals surface area contributed by atoms with E-state index in [-0.39, 0.29) is 12.4 Å². The van der Waals surface area contributed by atoms with E-state index < -0.39 is 0 Å². The number of aryl methyl sites for hydroxylation is 2. The lowest BCUT2D eigenvalue weighted by Crippen LogP contribution is -2.01. The predicted octanol–water partition coefficient (Wildman–Crippen LogP) is 1.97. The lowest BCUT2D eigenvalue weighted by Gasteiger charge is -1.99. The molecule has 0 aliphatic heterocycles. The van der Waals surface area contributed by atoms with Gasteiger partial charge in [0.1, 0.15) is 0 Å². The number of halogens is 1. The summed E-state index contributed by atoms with van der Waals surface area (Å²) < 4.78 is 1.83. The maximum absolute atomic E-state index is 4.25. The highest BCUT2D eigenvalue weighted by Crippen LogP contribution is 2.09. The van der Waals surface area contributed by atoms with Crippen LogP contribution in [0, 0.1) is 6.92 Å². The fourth-order valence-electron chi connectivity index (χ4n) is 1.03. The molecule has 0 aliphatic rings. The normalized spacial score (nSPS) is 9.25. The summed E-state index contributed by atoms with van der Waals surface area (Å²) in [4.78, 5) is 0. The summed E-state index contributed by atoms with van der Waals surface area (Å²) in [6.07, 6.45) is 3.15. The Morgan fingerprint density at radius 1 is 1.58 bits per heavy atom. The third kappa shape index (κ3) is 2.74. The van der Waals surface area contributed by atoms with Crippen molar-refractivity contribution >= 4 is 18.2 Å². The zero-order chi connectivity index (χ0) is 8.27. The van der Waals surface area contributed by atoms with Crippen molar-refractivity contribution in [3.05, 3.63) is 11.8 Å². The summed E-state index contributed by atoms with van der Waals surface area (Å²) in [5.74, 6) is 1.01. The van der Waals surface area contributed by atoms with E-state index in [9.17, 15) is 0 Å². The van der Waals surface area contributed by atoms with Crippen LogP contribution < -0.4 is 5.32 Å². The second-order valence-electron chi connectivity index (χ2n) is 2.76. The number of nitrogens with one attached hydrogen (secondary N) is 1. The molecule has 1 N–H and O–H groups in total. The summed E-state index contributed by atoms with van der Waals surface area (Å²) >= 11 is 0. The first kappa shape index (κ1) is 11.3.